The minimum atomic E-state index is -0.987. The van der Waals surface area contributed by atoms with Crippen molar-refractivity contribution in [3.63, 3.8) is 0 Å². The molecule has 0 aliphatic carbocycles. The summed E-state index contributed by atoms with van der Waals surface area (Å²) in [5.74, 6) is -2.20. The molecule has 3 nitrogen and oxygen atoms in total. The second-order valence-electron chi connectivity index (χ2n) is 4.84. The lowest BCUT2D eigenvalue weighted by atomic mass is 10.2. The molecule has 2 rings (SSSR count). The van der Waals surface area contributed by atoms with Crippen LogP contribution in [0.4, 0.5) is 20.2 Å². The SMILES string of the molecule is Cc1ccc(NCCC(=O)Nc2ccc(F)c(F)c2)c(Br)c1. The normalized spacial score (nSPS) is 10.4. The molecule has 2 aromatic rings. The van der Waals surface area contributed by atoms with Crippen LogP contribution in [0.25, 0.3) is 0 Å². The Morgan fingerprint density at radius 2 is 1.91 bits per heavy atom. The summed E-state index contributed by atoms with van der Waals surface area (Å²) in [5, 5.41) is 5.66. The summed E-state index contributed by atoms with van der Waals surface area (Å²) in [6.07, 6.45) is 0.208. The third-order valence-electron chi connectivity index (χ3n) is 3.00. The molecular formula is C16H15BrF2N2O. The molecule has 0 unspecified atom stereocenters. The molecule has 0 aromatic heterocycles. The van der Waals surface area contributed by atoms with Crippen molar-refractivity contribution < 1.29 is 13.6 Å². The van der Waals surface area contributed by atoms with Crippen molar-refractivity contribution in [1.82, 2.24) is 0 Å². The predicted octanol–water partition coefficient (Wildman–Crippen LogP) is 4.48. The van der Waals surface area contributed by atoms with E-state index in [1.54, 1.807) is 0 Å². The second-order valence-corrected chi connectivity index (χ2v) is 5.69. The number of hydrogen-bond acceptors (Lipinski definition) is 2. The number of halogens is 3. The van der Waals surface area contributed by atoms with Crippen molar-refractivity contribution in [2.75, 3.05) is 17.2 Å². The standard InChI is InChI=1S/C16H15BrF2N2O/c1-10-2-5-15(12(17)8-10)20-7-6-16(22)21-11-3-4-13(18)14(19)9-11/h2-5,8-9,20H,6-7H2,1H3,(H,21,22). The van der Waals surface area contributed by atoms with Gasteiger partial charge in [0.2, 0.25) is 5.91 Å². The first-order valence-electron chi connectivity index (χ1n) is 6.70. The molecule has 0 saturated heterocycles. The van der Waals surface area contributed by atoms with E-state index in [4.69, 9.17) is 0 Å². The minimum Gasteiger partial charge on any atom is -0.384 e. The molecule has 22 heavy (non-hydrogen) atoms. The van der Waals surface area contributed by atoms with E-state index in [1.165, 1.54) is 6.07 Å². The number of hydrogen-bond donors (Lipinski definition) is 2. The number of carbonyl (C=O) groups excluding carboxylic acids is 1. The van der Waals surface area contributed by atoms with Gasteiger partial charge in [0, 0.05) is 34.9 Å². The van der Waals surface area contributed by atoms with Crippen LogP contribution in [0.3, 0.4) is 0 Å². The van der Waals surface area contributed by atoms with Gasteiger partial charge in [0.05, 0.1) is 0 Å². The topological polar surface area (TPSA) is 41.1 Å². The monoisotopic (exact) mass is 368 g/mol. The Balaban J connectivity index is 1.83. The maximum atomic E-state index is 13.0. The van der Waals surface area contributed by atoms with Gasteiger partial charge in [-0.15, -0.1) is 0 Å². The summed E-state index contributed by atoms with van der Waals surface area (Å²) < 4.78 is 26.8. The first-order chi connectivity index (χ1) is 10.5. The smallest absolute Gasteiger partial charge is 0.226 e. The van der Waals surface area contributed by atoms with Crippen molar-refractivity contribution >= 4 is 33.2 Å². The van der Waals surface area contributed by atoms with Crippen LogP contribution in [0.2, 0.25) is 0 Å². The molecule has 0 fully saturated rings. The Labute approximate surface area is 135 Å². The number of rotatable bonds is 5. The second kappa shape index (κ2) is 7.35. The quantitative estimate of drug-likeness (QED) is 0.816. The van der Waals surface area contributed by atoms with E-state index in [9.17, 15) is 13.6 Å². The van der Waals surface area contributed by atoms with Gasteiger partial charge in [0.25, 0.3) is 0 Å². The molecule has 116 valence electrons. The Hall–Kier alpha value is -1.95. The fraction of sp³-hybridized carbons (Fsp3) is 0.188. The molecular weight excluding hydrogens is 354 g/mol. The van der Waals surface area contributed by atoms with E-state index in [0.29, 0.717) is 6.54 Å². The minimum absolute atomic E-state index is 0.208. The van der Waals surface area contributed by atoms with Gasteiger partial charge in [0.1, 0.15) is 0 Å². The van der Waals surface area contributed by atoms with Crippen LogP contribution in [0, 0.1) is 18.6 Å². The first-order valence-corrected chi connectivity index (χ1v) is 7.50. The molecule has 0 aliphatic rings. The van der Waals surface area contributed by atoms with Crippen molar-refractivity contribution in [3.05, 3.63) is 58.1 Å². The Bertz CT molecular complexity index is 692. The number of nitrogens with one attached hydrogen (secondary N) is 2. The van der Waals surface area contributed by atoms with Gasteiger partial charge in [0.15, 0.2) is 11.6 Å². The van der Waals surface area contributed by atoms with Crippen molar-refractivity contribution in [3.8, 4) is 0 Å². The van der Waals surface area contributed by atoms with Gasteiger partial charge in [-0.1, -0.05) is 6.07 Å². The molecule has 0 spiro atoms. The summed E-state index contributed by atoms with van der Waals surface area (Å²) in [5.41, 5.74) is 2.26. The van der Waals surface area contributed by atoms with Crippen LogP contribution in [0.1, 0.15) is 12.0 Å². The highest BCUT2D eigenvalue weighted by Crippen LogP contribution is 2.23. The molecule has 2 N–H and O–H groups in total. The Morgan fingerprint density at radius 1 is 1.14 bits per heavy atom. The van der Waals surface area contributed by atoms with Gasteiger partial charge < -0.3 is 10.6 Å². The molecule has 0 bridgehead atoms. The van der Waals surface area contributed by atoms with E-state index in [1.807, 2.05) is 25.1 Å². The summed E-state index contributed by atoms with van der Waals surface area (Å²) in [6, 6.07) is 9.12. The molecule has 0 radical (unpaired) electrons. The largest absolute Gasteiger partial charge is 0.384 e. The van der Waals surface area contributed by atoms with E-state index in [0.717, 1.165) is 27.9 Å². The zero-order chi connectivity index (χ0) is 16.1. The lowest BCUT2D eigenvalue weighted by Gasteiger charge is -2.10. The maximum Gasteiger partial charge on any atom is 0.226 e. The number of aryl methyl sites for hydroxylation is 1. The van der Waals surface area contributed by atoms with E-state index in [2.05, 4.69) is 26.6 Å². The molecule has 6 heteroatoms. The molecule has 0 saturated carbocycles. The predicted molar refractivity (Wildman–Crippen MR) is 87.0 cm³/mol. The lowest BCUT2D eigenvalue weighted by Crippen LogP contribution is -2.16. The van der Waals surface area contributed by atoms with Gasteiger partial charge in [-0.3, -0.25) is 4.79 Å². The van der Waals surface area contributed by atoms with Crippen molar-refractivity contribution in [2.45, 2.75) is 13.3 Å². The fourth-order valence-corrected chi connectivity index (χ4v) is 2.51. The van der Waals surface area contributed by atoms with Gasteiger partial charge in [-0.2, -0.15) is 0 Å². The highest BCUT2D eigenvalue weighted by Gasteiger charge is 2.06. The summed E-state index contributed by atoms with van der Waals surface area (Å²) >= 11 is 3.44. The van der Waals surface area contributed by atoms with Crippen LogP contribution in [-0.4, -0.2) is 12.5 Å². The van der Waals surface area contributed by atoms with Crippen molar-refractivity contribution in [1.29, 1.82) is 0 Å². The Morgan fingerprint density at radius 3 is 2.59 bits per heavy atom. The summed E-state index contributed by atoms with van der Waals surface area (Å²) in [4.78, 5) is 11.8. The zero-order valence-corrected chi connectivity index (χ0v) is 13.5. The fourth-order valence-electron chi connectivity index (χ4n) is 1.87. The number of anilines is 2. The van der Waals surface area contributed by atoms with Crippen LogP contribution in [0.5, 0.6) is 0 Å². The first kappa shape index (κ1) is 16.4. The number of amides is 1. The third kappa shape index (κ3) is 4.53. The average Bonchev–Trinajstić information content (AvgIpc) is 2.45. The summed E-state index contributed by atoms with van der Waals surface area (Å²) in [7, 11) is 0. The van der Waals surface area contributed by atoms with E-state index in [-0.39, 0.29) is 18.0 Å². The third-order valence-corrected chi connectivity index (χ3v) is 3.65. The van der Waals surface area contributed by atoms with Crippen LogP contribution in [0.15, 0.2) is 40.9 Å². The van der Waals surface area contributed by atoms with Crippen LogP contribution >= 0.6 is 15.9 Å². The summed E-state index contributed by atoms with van der Waals surface area (Å²) in [6.45, 7) is 2.42. The van der Waals surface area contributed by atoms with E-state index < -0.39 is 11.6 Å². The maximum absolute atomic E-state index is 13.0. The van der Waals surface area contributed by atoms with Gasteiger partial charge >= 0.3 is 0 Å². The zero-order valence-electron chi connectivity index (χ0n) is 11.9. The van der Waals surface area contributed by atoms with E-state index >= 15 is 0 Å². The lowest BCUT2D eigenvalue weighted by molar-refractivity contribution is -0.115. The number of carbonyl (C=O) groups is 1. The molecule has 1 amide bonds. The molecule has 0 atom stereocenters. The Kier molecular flexibility index (Phi) is 5.49. The van der Waals surface area contributed by atoms with Gasteiger partial charge in [-0.05, 0) is 52.7 Å². The molecule has 0 heterocycles. The van der Waals surface area contributed by atoms with Crippen molar-refractivity contribution in [2.24, 2.45) is 0 Å². The van der Waals surface area contributed by atoms with Crippen LogP contribution in [-0.2, 0) is 4.79 Å². The molecule has 2 aromatic carbocycles. The molecule has 0 aliphatic heterocycles. The highest BCUT2D eigenvalue weighted by atomic mass is 79.9. The highest BCUT2D eigenvalue weighted by molar-refractivity contribution is 9.10. The van der Waals surface area contributed by atoms with Gasteiger partial charge in [-0.25, -0.2) is 8.78 Å². The van der Waals surface area contributed by atoms with Crippen LogP contribution < -0.4 is 10.6 Å². The number of benzene rings is 2. The average molecular weight is 369 g/mol.